The number of ether oxygens (including phenoxy) is 1. The minimum atomic E-state index is -3.51. The van der Waals surface area contributed by atoms with Crippen molar-refractivity contribution in [3.8, 4) is 0 Å². The molecule has 0 saturated carbocycles. The first-order chi connectivity index (χ1) is 12.3. The molecule has 0 heterocycles. The van der Waals surface area contributed by atoms with Crippen molar-refractivity contribution in [3.05, 3.63) is 34.9 Å². The number of hydrogen-bond donors (Lipinski definition) is 0. The predicted molar refractivity (Wildman–Crippen MR) is 101 cm³/mol. The molecule has 1 atom stereocenters. The Morgan fingerprint density at radius 2 is 1.73 bits per heavy atom. The van der Waals surface area contributed by atoms with Crippen LogP contribution >= 0.6 is 19.2 Å². The van der Waals surface area contributed by atoms with E-state index in [1.807, 2.05) is 6.92 Å². The highest BCUT2D eigenvalue weighted by Gasteiger charge is 2.30. The molecule has 26 heavy (non-hydrogen) atoms. The highest BCUT2D eigenvalue weighted by molar-refractivity contribution is 7.54. The van der Waals surface area contributed by atoms with Crippen LogP contribution in [0.2, 0.25) is 5.02 Å². The number of Topliss-reactive ketones (excluding diaryl/α,β-unsaturated/α-hetero) is 1. The van der Waals surface area contributed by atoms with E-state index in [1.165, 1.54) is 0 Å². The zero-order chi connectivity index (χ0) is 19.6. The van der Waals surface area contributed by atoms with Crippen LogP contribution in [0.3, 0.4) is 0 Å². The summed E-state index contributed by atoms with van der Waals surface area (Å²) in [5.41, 5.74) is 0.537. The summed E-state index contributed by atoms with van der Waals surface area (Å²) in [6, 6.07) is 6.85. The Labute approximate surface area is 159 Å². The summed E-state index contributed by atoms with van der Waals surface area (Å²) in [6.07, 6.45) is -0.492. The molecule has 6 nitrogen and oxygen atoms in total. The van der Waals surface area contributed by atoms with Crippen molar-refractivity contribution in [1.82, 2.24) is 0 Å². The zero-order valence-electron chi connectivity index (χ0n) is 15.4. The van der Waals surface area contributed by atoms with E-state index in [0.29, 0.717) is 17.0 Å². The van der Waals surface area contributed by atoms with Crippen molar-refractivity contribution in [1.29, 1.82) is 0 Å². The number of carbonyl (C=O) groups excluding carboxylic acids is 2. The third-order valence-electron chi connectivity index (χ3n) is 3.41. The van der Waals surface area contributed by atoms with Gasteiger partial charge in [-0.1, -0.05) is 36.7 Å². The molecule has 0 aromatic heterocycles. The molecule has 0 radical (unpaired) electrons. The van der Waals surface area contributed by atoms with E-state index >= 15 is 0 Å². The Bertz CT molecular complexity index is 638. The summed E-state index contributed by atoms with van der Waals surface area (Å²) in [6.45, 7) is 5.55. The maximum absolute atomic E-state index is 12.5. The SMILES string of the molecule is CCCC(=O)O[C@H](CC(=O)CP(=O)(OCC)OCC)c1ccccc1Cl. The minimum absolute atomic E-state index is 0.149. The first-order valence-electron chi connectivity index (χ1n) is 8.68. The number of carbonyl (C=O) groups is 2. The quantitative estimate of drug-likeness (QED) is 0.362. The Hall–Kier alpha value is -1.20. The van der Waals surface area contributed by atoms with E-state index in [-0.39, 0.29) is 38.0 Å². The van der Waals surface area contributed by atoms with Crippen molar-refractivity contribution in [2.75, 3.05) is 19.4 Å². The minimum Gasteiger partial charge on any atom is -0.457 e. The zero-order valence-corrected chi connectivity index (χ0v) is 17.1. The van der Waals surface area contributed by atoms with Crippen LogP contribution in [-0.2, 0) is 27.9 Å². The van der Waals surface area contributed by atoms with Gasteiger partial charge in [-0.05, 0) is 26.3 Å². The lowest BCUT2D eigenvalue weighted by atomic mass is 10.0. The van der Waals surface area contributed by atoms with Gasteiger partial charge in [-0.3, -0.25) is 14.2 Å². The van der Waals surface area contributed by atoms with E-state index in [1.54, 1.807) is 38.1 Å². The number of esters is 1. The average Bonchev–Trinajstić information content (AvgIpc) is 2.55. The lowest BCUT2D eigenvalue weighted by Crippen LogP contribution is -2.18. The van der Waals surface area contributed by atoms with Crippen molar-refractivity contribution >= 4 is 30.9 Å². The van der Waals surface area contributed by atoms with E-state index < -0.39 is 19.7 Å². The second-order valence-electron chi connectivity index (χ2n) is 5.60. The molecule has 0 fully saturated rings. The van der Waals surface area contributed by atoms with Crippen LogP contribution in [0.15, 0.2) is 24.3 Å². The summed E-state index contributed by atoms with van der Waals surface area (Å²) in [4.78, 5) is 24.4. The van der Waals surface area contributed by atoms with Crippen LogP contribution in [0.1, 0.15) is 51.7 Å². The second-order valence-corrected chi connectivity index (χ2v) is 8.06. The Morgan fingerprint density at radius 3 is 2.27 bits per heavy atom. The standard InChI is InChI=1S/C18H26ClO6P/c1-4-9-18(21)25-17(15-10-7-8-11-16(15)19)12-14(20)13-26(22,23-5-2)24-6-3/h7-8,10-11,17H,4-6,9,12-13H2,1-3H3/t17-/m1/s1. The molecular weight excluding hydrogens is 379 g/mol. The van der Waals surface area contributed by atoms with Gasteiger partial charge in [-0.2, -0.15) is 0 Å². The Kier molecular flexibility index (Phi) is 10.1. The molecule has 1 rings (SSSR count). The molecule has 8 heteroatoms. The Morgan fingerprint density at radius 1 is 1.12 bits per heavy atom. The third kappa shape index (κ3) is 7.58. The molecule has 146 valence electrons. The van der Waals surface area contributed by atoms with E-state index in [9.17, 15) is 14.2 Å². The largest absolute Gasteiger partial charge is 0.457 e. The van der Waals surface area contributed by atoms with Gasteiger partial charge in [0.15, 0.2) is 0 Å². The van der Waals surface area contributed by atoms with Gasteiger partial charge >= 0.3 is 13.6 Å². The van der Waals surface area contributed by atoms with Gasteiger partial charge < -0.3 is 13.8 Å². The summed E-state index contributed by atoms with van der Waals surface area (Å²) < 4.78 is 28.3. The van der Waals surface area contributed by atoms with Crippen LogP contribution in [0.5, 0.6) is 0 Å². The number of halogens is 1. The molecular formula is C18H26ClO6P. The van der Waals surface area contributed by atoms with Gasteiger partial charge in [0, 0.05) is 23.4 Å². The highest BCUT2D eigenvalue weighted by Crippen LogP contribution is 2.48. The molecule has 0 spiro atoms. The average molecular weight is 405 g/mol. The second kappa shape index (κ2) is 11.5. The lowest BCUT2D eigenvalue weighted by Gasteiger charge is -2.21. The fraction of sp³-hybridized carbons (Fsp3) is 0.556. The lowest BCUT2D eigenvalue weighted by molar-refractivity contribution is -0.150. The van der Waals surface area contributed by atoms with Crippen LogP contribution in [0.25, 0.3) is 0 Å². The van der Waals surface area contributed by atoms with Crippen molar-refractivity contribution < 1.29 is 27.9 Å². The maximum atomic E-state index is 12.5. The van der Waals surface area contributed by atoms with E-state index in [0.717, 1.165) is 0 Å². The molecule has 0 aliphatic rings. The Balaban J connectivity index is 2.94. The van der Waals surface area contributed by atoms with Crippen molar-refractivity contribution in [3.63, 3.8) is 0 Å². The summed E-state index contributed by atoms with van der Waals surface area (Å²) in [5, 5.41) is 0.396. The van der Waals surface area contributed by atoms with Gasteiger partial charge in [0.25, 0.3) is 0 Å². The van der Waals surface area contributed by atoms with Crippen molar-refractivity contribution in [2.45, 2.75) is 46.1 Å². The monoisotopic (exact) mass is 404 g/mol. The highest BCUT2D eigenvalue weighted by atomic mass is 35.5. The fourth-order valence-electron chi connectivity index (χ4n) is 2.38. The van der Waals surface area contributed by atoms with Crippen LogP contribution in [0, 0.1) is 0 Å². The first kappa shape index (κ1) is 22.8. The molecule has 0 saturated heterocycles. The molecule has 1 aromatic rings. The predicted octanol–water partition coefficient (Wildman–Crippen LogP) is 4.95. The van der Waals surface area contributed by atoms with Gasteiger partial charge in [0.1, 0.15) is 18.0 Å². The van der Waals surface area contributed by atoms with Crippen LogP contribution in [-0.4, -0.2) is 31.1 Å². The van der Waals surface area contributed by atoms with Crippen LogP contribution in [0.4, 0.5) is 0 Å². The molecule has 0 amide bonds. The summed E-state index contributed by atoms with van der Waals surface area (Å²) in [7, 11) is -3.51. The number of ketones is 1. The number of benzene rings is 1. The van der Waals surface area contributed by atoms with Gasteiger partial charge in [-0.15, -0.1) is 0 Å². The molecule has 0 unspecified atom stereocenters. The molecule has 0 aliphatic carbocycles. The van der Waals surface area contributed by atoms with Crippen LogP contribution < -0.4 is 0 Å². The molecule has 0 N–H and O–H groups in total. The van der Waals surface area contributed by atoms with Crippen molar-refractivity contribution in [2.24, 2.45) is 0 Å². The van der Waals surface area contributed by atoms with Gasteiger partial charge in [0.05, 0.1) is 13.2 Å². The number of hydrogen-bond acceptors (Lipinski definition) is 6. The number of rotatable bonds is 12. The first-order valence-corrected chi connectivity index (χ1v) is 10.8. The molecule has 0 aliphatic heterocycles. The topological polar surface area (TPSA) is 78.9 Å². The molecule has 1 aromatic carbocycles. The third-order valence-corrected chi connectivity index (χ3v) is 5.80. The smallest absolute Gasteiger partial charge is 0.338 e. The van der Waals surface area contributed by atoms with Gasteiger partial charge in [0.2, 0.25) is 0 Å². The van der Waals surface area contributed by atoms with Gasteiger partial charge in [-0.25, -0.2) is 0 Å². The molecule has 0 bridgehead atoms. The maximum Gasteiger partial charge on any atom is 0.338 e. The van der Waals surface area contributed by atoms with E-state index in [4.69, 9.17) is 25.4 Å². The normalized spacial score (nSPS) is 12.6. The summed E-state index contributed by atoms with van der Waals surface area (Å²) >= 11 is 6.19. The summed E-state index contributed by atoms with van der Waals surface area (Å²) in [5.74, 6) is -0.799. The van der Waals surface area contributed by atoms with E-state index in [2.05, 4.69) is 0 Å². The fourth-order valence-corrected chi connectivity index (χ4v) is 4.24.